The van der Waals surface area contributed by atoms with Gasteiger partial charge in [0.2, 0.25) is 5.91 Å². The molecule has 0 bridgehead atoms. The van der Waals surface area contributed by atoms with E-state index in [-0.39, 0.29) is 41.1 Å². The molecule has 1 aliphatic heterocycles. The number of anilines is 2. The van der Waals surface area contributed by atoms with E-state index in [1.807, 2.05) is 13.0 Å². The van der Waals surface area contributed by atoms with Gasteiger partial charge in [0, 0.05) is 45.5 Å². The van der Waals surface area contributed by atoms with Gasteiger partial charge in [0.1, 0.15) is 34.8 Å². The lowest BCUT2D eigenvalue weighted by Crippen LogP contribution is -2.36. The van der Waals surface area contributed by atoms with Crippen molar-refractivity contribution >= 4 is 50.8 Å². The molecule has 0 saturated heterocycles. The van der Waals surface area contributed by atoms with Crippen LogP contribution in [0.25, 0.3) is 21.4 Å². The molecule has 47 heavy (non-hydrogen) atoms. The van der Waals surface area contributed by atoms with E-state index in [0.29, 0.717) is 18.1 Å². The number of carbonyl (C=O) groups is 3. The van der Waals surface area contributed by atoms with Crippen LogP contribution in [0.5, 0.6) is 0 Å². The van der Waals surface area contributed by atoms with Gasteiger partial charge in [0.25, 0.3) is 11.5 Å². The van der Waals surface area contributed by atoms with Gasteiger partial charge in [0.05, 0.1) is 18.3 Å². The number of nitrogens with one attached hydrogen (secondary N) is 3. The first kappa shape index (κ1) is 31.5. The zero-order valence-corrected chi connectivity index (χ0v) is 26.5. The number of fused-ring (bicyclic) bond motifs is 2. The van der Waals surface area contributed by atoms with E-state index >= 15 is 0 Å². The Bertz CT molecular complexity index is 2080. The van der Waals surface area contributed by atoms with Crippen molar-refractivity contribution < 1.29 is 28.0 Å². The lowest BCUT2D eigenvalue weighted by molar-refractivity contribution is -0.124. The van der Waals surface area contributed by atoms with E-state index in [1.54, 1.807) is 33.0 Å². The minimum absolute atomic E-state index is 0.0112. The highest BCUT2D eigenvalue weighted by atomic mass is 32.1. The number of hydrogen-bond donors (Lipinski definition) is 3. The van der Waals surface area contributed by atoms with Crippen LogP contribution in [-0.2, 0) is 16.1 Å². The molecule has 0 aromatic carbocycles. The normalized spacial score (nSPS) is 15.7. The Kier molecular flexibility index (Phi) is 8.27. The Morgan fingerprint density at radius 3 is 2.70 bits per heavy atom. The molecule has 242 valence electrons. The maximum Gasteiger partial charge on any atom is 0.413 e. The van der Waals surface area contributed by atoms with Crippen LogP contribution < -0.4 is 21.5 Å². The Labute approximate surface area is 270 Å². The average molecular weight is 661 g/mol. The first-order valence-corrected chi connectivity index (χ1v) is 15.3. The quantitative estimate of drug-likeness (QED) is 0.215. The maximum absolute atomic E-state index is 14.1. The van der Waals surface area contributed by atoms with Crippen LogP contribution in [0, 0.1) is 5.82 Å². The van der Waals surface area contributed by atoms with Gasteiger partial charge >= 0.3 is 6.09 Å². The summed E-state index contributed by atoms with van der Waals surface area (Å²) >= 11 is 1.42. The van der Waals surface area contributed by atoms with E-state index in [0.717, 1.165) is 21.0 Å². The molecule has 5 aromatic heterocycles. The Balaban J connectivity index is 1.13. The summed E-state index contributed by atoms with van der Waals surface area (Å²) in [5.41, 5.74) is -1.58. The predicted molar refractivity (Wildman–Crippen MR) is 170 cm³/mol. The minimum Gasteiger partial charge on any atom is -0.444 e. The van der Waals surface area contributed by atoms with Gasteiger partial charge in [-0.15, -0.1) is 11.3 Å². The first-order chi connectivity index (χ1) is 22.4. The van der Waals surface area contributed by atoms with Crippen LogP contribution in [0.3, 0.4) is 0 Å². The molecule has 0 unspecified atom stereocenters. The van der Waals surface area contributed by atoms with Gasteiger partial charge in [-0.05, 0) is 45.4 Å². The number of pyridine rings is 2. The van der Waals surface area contributed by atoms with Gasteiger partial charge in [-0.25, -0.2) is 19.2 Å². The van der Waals surface area contributed by atoms with Crippen molar-refractivity contribution in [3.05, 3.63) is 81.6 Å². The molecule has 0 saturated carbocycles. The highest BCUT2D eigenvalue weighted by molar-refractivity contribution is 7.19. The SMILES string of the molecule is C[C@@H]1C[C@@H](C(=O)NCc2cc3cnc(NC(=O)OC(C)(C)C)cc3s2)n2c1ncc(NC(=O)c1cc(-c3cnccc3F)on1)c2=O. The van der Waals surface area contributed by atoms with Crippen LogP contribution in [-0.4, -0.2) is 48.2 Å². The summed E-state index contributed by atoms with van der Waals surface area (Å²) in [4.78, 5) is 65.2. The molecule has 3 N–H and O–H groups in total. The Hall–Kier alpha value is -5.51. The summed E-state index contributed by atoms with van der Waals surface area (Å²) in [6.45, 7) is 7.35. The molecule has 6 heterocycles. The average Bonchev–Trinajstić information content (AvgIpc) is 3.74. The molecule has 14 nitrogen and oxygen atoms in total. The fraction of sp³-hybridized carbons (Fsp3) is 0.290. The van der Waals surface area contributed by atoms with Gasteiger partial charge in [0.15, 0.2) is 11.5 Å². The van der Waals surface area contributed by atoms with Crippen LogP contribution in [0.2, 0.25) is 0 Å². The molecule has 2 atom stereocenters. The van der Waals surface area contributed by atoms with Crippen LogP contribution >= 0.6 is 11.3 Å². The first-order valence-electron chi connectivity index (χ1n) is 14.5. The molecule has 0 radical (unpaired) electrons. The fourth-order valence-electron chi connectivity index (χ4n) is 5.10. The lowest BCUT2D eigenvalue weighted by Gasteiger charge is -2.19. The molecule has 5 aromatic rings. The van der Waals surface area contributed by atoms with Gasteiger partial charge in [-0.2, -0.15) is 0 Å². The third-order valence-electron chi connectivity index (χ3n) is 7.20. The number of hydrogen-bond acceptors (Lipinski definition) is 11. The summed E-state index contributed by atoms with van der Waals surface area (Å²) in [6, 6.07) is 5.13. The van der Waals surface area contributed by atoms with Crippen molar-refractivity contribution in [2.75, 3.05) is 10.6 Å². The lowest BCUT2D eigenvalue weighted by atomic mass is 10.1. The number of thiophene rings is 1. The third-order valence-corrected chi connectivity index (χ3v) is 8.29. The number of amides is 3. The summed E-state index contributed by atoms with van der Waals surface area (Å²) in [5.74, 6) is -1.22. The van der Waals surface area contributed by atoms with Crippen LogP contribution in [0.1, 0.15) is 67.3 Å². The summed E-state index contributed by atoms with van der Waals surface area (Å²) in [5, 5.41) is 12.5. The molecule has 6 rings (SSSR count). The van der Waals surface area contributed by atoms with Crippen molar-refractivity contribution in [1.29, 1.82) is 0 Å². The maximum atomic E-state index is 14.1. The Morgan fingerprint density at radius 2 is 1.94 bits per heavy atom. The molecule has 1 aliphatic rings. The fourth-order valence-corrected chi connectivity index (χ4v) is 6.11. The molecule has 0 spiro atoms. The summed E-state index contributed by atoms with van der Waals surface area (Å²) < 4.78 is 26.6. The zero-order chi connectivity index (χ0) is 33.5. The monoisotopic (exact) mass is 660 g/mol. The standard InChI is InChI=1S/C31H29FN8O6S/c1-15-7-22(28(42)36-12-17-8-16-11-34-25(10-24(16)47-17)38-30(44)45-31(2,3)4)40-26(15)35-14-21(29(40)43)37-27(41)20-9-23(46-39-20)18-13-33-6-5-19(18)32/h5-6,8-11,13-15,22H,7,12H2,1-4H3,(H,36,42)(H,37,41)(H,34,38,44)/t15-,22+/m1/s1. The molecule has 0 fully saturated rings. The molecule has 3 amide bonds. The molecule has 0 aliphatic carbocycles. The van der Waals surface area contributed by atoms with E-state index in [4.69, 9.17) is 9.26 Å². The van der Waals surface area contributed by atoms with Crippen molar-refractivity contribution in [2.24, 2.45) is 0 Å². The highest BCUT2D eigenvalue weighted by Gasteiger charge is 2.36. The van der Waals surface area contributed by atoms with Crippen molar-refractivity contribution in [1.82, 2.24) is 30.0 Å². The van der Waals surface area contributed by atoms with Crippen molar-refractivity contribution in [3.63, 3.8) is 0 Å². The molecular weight excluding hydrogens is 631 g/mol. The number of aromatic nitrogens is 5. The van der Waals surface area contributed by atoms with Crippen LogP contribution in [0.4, 0.5) is 20.7 Å². The Morgan fingerprint density at radius 1 is 1.13 bits per heavy atom. The van der Waals surface area contributed by atoms with Gasteiger partial charge in [-0.3, -0.25) is 29.3 Å². The predicted octanol–water partition coefficient (Wildman–Crippen LogP) is 5.01. The minimum atomic E-state index is -0.857. The van der Waals surface area contributed by atoms with Crippen LogP contribution in [0.15, 0.2) is 58.4 Å². The molecular formula is C31H29FN8O6S. The van der Waals surface area contributed by atoms with E-state index < -0.39 is 35.0 Å². The number of ether oxygens (including phenoxy) is 1. The van der Waals surface area contributed by atoms with E-state index in [9.17, 15) is 23.6 Å². The largest absolute Gasteiger partial charge is 0.444 e. The smallest absolute Gasteiger partial charge is 0.413 e. The van der Waals surface area contributed by atoms with E-state index in [1.165, 1.54) is 40.6 Å². The number of rotatable bonds is 7. The summed E-state index contributed by atoms with van der Waals surface area (Å²) in [7, 11) is 0. The number of nitrogens with zero attached hydrogens (tertiary/aromatic N) is 5. The van der Waals surface area contributed by atoms with Gasteiger partial charge < -0.3 is 19.9 Å². The second-order valence-corrected chi connectivity index (χ2v) is 13.1. The number of carbonyl (C=O) groups excluding carboxylic acids is 3. The second-order valence-electron chi connectivity index (χ2n) is 11.9. The zero-order valence-electron chi connectivity index (χ0n) is 25.7. The van der Waals surface area contributed by atoms with Crippen molar-refractivity contribution in [2.45, 2.75) is 58.2 Å². The molecule has 16 heteroatoms. The summed E-state index contributed by atoms with van der Waals surface area (Å²) in [6.07, 6.45) is 5.10. The number of halogens is 1. The van der Waals surface area contributed by atoms with Crippen molar-refractivity contribution in [3.8, 4) is 11.3 Å². The second kappa shape index (κ2) is 12.4. The van der Waals surface area contributed by atoms with Gasteiger partial charge in [-0.1, -0.05) is 12.1 Å². The third kappa shape index (κ3) is 6.72. The highest BCUT2D eigenvalue weighted by Crippen LogP contribution is 2.34. The topological polar surface area (TPSA) is 183 Å². The van der Waals surface area contributed by atoms with E-state index in [2.05, 4.69) is 36.1 Å².